The molecular weight excluding hydrogens is 423 g/mol. The first-order chi connectivity index (χ1) is 15.6. The van der Waals surface area contributed by atoms with Gasteiger partial charge in [-0.1, -0.05) is 33.3 Å². The van der Waals surface area contributed by atoms with E-state index in [0.717, 1.165) is 25.7 Å². The van der Waals surface area contributed by atoms with E-state index in [4.69, 9.17) is 9.47 Å². The first-order valence-electron chi connectivity index (χ1n) is 12.5. The number of epoxide rings is 1. The van der Waals surface area contributed by atoms with Gasteiger partial charge in [0.15, 0.2) is 11.6 Å². The number of fused-ring (bicyclic) bond motifs is 3. The Labute approximate surface area is 195 Å². The normalized spacial score (nSPS) is 47.1. The lowest BCUT2D eigenvalue weighted by Gasteiger charge is -2.55. The monoisotopic (exact) mass is 458 g/mol. The predicted octanol–water partition coefficient (Wildman–Crippen LogP) is 4.54. The highest BCUT2D eigenvalue weighted by Gasteiger charge is 2.80. The van der Waals surface area contributed by atoms with Crippen LogP contribution in [0, 0.1) is 34.5 Å². The maximum Gasteiger partial charge on any atom is 0.306 e. The van der Waals surface area contributed by atoms with Gasteiger partial charge in [0.2, 0.25) is 0 Å². The van der Waals surface area contributed by atoms with E-state index in [1.54, 1.807) is 6.08 Å². The Kier molecular flexibility index (Phi) is 5.28. The highest BCUT2D eigenvalue weighted by Crippen LogP contribution is 2.76. The molecule has 0 bridgehead atoms. The summed E-state index contributed by atoms with van der Waals surface area (Å²) >= 11 is 0. The zero-order valence-electron chi connectivity index (χ0n) is 20.1. The maximum absolute atomic E-state index is 15.5. The second-order valence-corrected chi connectivity index (χ2v) is 11.5. The molecule has 3 saturated carbocycles. The van der Waals surface area contributed by atoms with Crippen molar-refractivity contribution in [3.05, 3.63) is 23.8 Å². The molecule has 1 heterocycles. The van der Waals surface area contributed by atoms with Crippen molar-refractivity contribution in [2.75, 3.05) is 6.61 Å². The highest BCUT2D eigenvalue weighted by molar-refractivity contribution is 6.01. The Hall–Kier alpha value is -1.82. The highest BCUT2D eigenvalue weighted by atomic mass is 19.1. The lowest BCUT2D eigenvalue weighted by Crippen LogP contribution is -2.59. The molecule has 9 atom stereocenters. The molecule has 4 fully saturated rings. The van der Waals surface area contributed by atoms with Crippen molar-refractivity contribution < 1.29 is 28.2 Å². The van der Waals surface area contributed by atoms with E-state index in [1.165, 1.54) is 6.08 Å². The summed E-state index contributed by atoms with van der Waals surface area (Å²) in [6.45, 7) is 8.11. The second kappa shape index (κ2) is 7.59. The number of unbranched alkanes of at least 4 members (excludes halogenated alkanes) is 1. The summed E-state index contributed by atoms with van der Waals surface area (Å²) < 4.78 is 27.3. The minimum atomic E-state index is -1.18. The fourth-order valence-corrected chi connectivity index (χ4v) is 8.33. The number of hydrogen-bond donors (Lipinski definition) is 0. The molecule has 0 aromatic heterocycles. The summed E-state index contributed by atoms with van der Waals surface area (Å²) in [6, 6.07) is 0. The van der Waals surface area contributed by atoms with Crippen molar-refractivity contribution in [2.45, 2.75) is 84.1 Å². The van der Waals surface area contributed by atoms with E-state index >= 15 is 4.39 Å². The van der Waals surface area contributed by atoms with Crippen molar-refractivity contribution >= 4 is 17.5 Å². The first kappa shape index (κ1) is 22.9. The van der Waals surface area contributed by atoms with Crippen LogP contribution in [-0.2, 0) is 23.9 Å². The van der Waals surface area contributed by atoms with Gasteiger partial charge in [0.25, 0.3) is 0 Å². The van der Waals surface area contributed by atoms with Gasteiger partial charge in [0, 0.05) is 17.8 Å². The number of alkyl halides is 1. The molecule has 180 valence electrons. The standard InChI is InChI=1S/C27H35FO5/c1-5-6-7-23(31)32-14-21(30)24-15(2)10-17-18-12-20(28)19-11-16(29)8-9-26(19,4)27(18)22(33-27)13-25(17,24)3/h8-9,11,15,17-18,20,22,24H,5-7,10,12-14H2,1-4H3/t15-,17+,18+,20+,22+,24-,25+,26+,27-/m1/s1. The fraction of sp³-hybridized carbons (Fsp3) is 0.741. The molecule has 0 radical (unpaired) electrons. The summed E-state index contributed by atoms with van der Waals surface area (Å²) in [5, 5.41) is 0. The molecule has 0 unspecified atom stereocenters. The summed E-state index contributed by atoms with van der Waals surface area (Å²) in [7, 11) is 0. The minimum absolute atomic E-state index is 0.0105. The summed E-state index contributed by atoms with van der Waals surface area (Å²) in [4.78, 5) is 37.3. The molecule has 1 aliphatic heterocycles. The Bertz CT molecular complexity index is 954. The zero-order chi connectivity index (χ0) is 23.8. The number of ketones is 2. The number of Topliss-reactive ketones (excluding diaryl/α,β-unsaturated/α-hetero) is 1. The van der Waals surface area contributed by atoms with Crippen LogP contribution >= 0.6 is 0 Å². The van der Waals surface area contributed by atoms with E-state index < -0.39 is 17.2 Å². The van der Waals surface area contributed by atoms with E-state index in [9.17, 15) is 14.4 Å². The van der Waals surface area contributed by atoms with Crippen LogP contribution in [0.25, 0.3) is 0 Å². The zero-order valence-corrected chi connectivity index (χ0v) is 20.1. The second-order valence-electron chi connectivity index (χ2n) is 11.5. The van der Waals surface area contributed by atoms with Crippen LogP contribution in [0.5, 0.6) is 0 Å². The van der Waals surface area contributed by atoms with Crippen molar-refractivity contribution in [3.63, 3.8) is 0 Å². The molecule has 6 heteroatoms. The number of carbonyl (C=O) groups is 3. The quantitative estimate of drug-likeness (QED) is 0.432. The maximum atomic E-state index is 15.5. The molecule has 5 aliphatic rings. The number of carbonyl (C=O) groups excluding carboxylic acids is 3. The Morgan fingerprint density at radius 2 is 2.00 bits per heavy atom. The van der Waals surface area contributed by atoms with Crippen molar-refractivity contribution in [1.29, 1.82) is 0 Å². The van der Waals surface area contributed by atoms with Gasteiger partial charge in [-0.25, -0.2) is 4.39 Å². The van der Waals surface area contributed by atoms with Crippen molar-refractivity contribution in [1.82, 2.24) is 0 Å². The van der Waals surface area contributed by atoms with Gasteiger partial charge in [-0.3, -0.25) is 14.4 Å². The number of ether oxygens (including phenoxy) is 2. The predicted molar refractivity (Wildman–Crippen MR) is 120 cm³/mol. The molecule has 5 nitrogen and oxygen atoms in total. The molecule has 1 saturated heterocycles. The molecule has 33 heavy (non-hydrogen) atoms. The summed E-state index contributed by atoms with van der Waals surface area (Å²) in [6.07, 6.45) is 7.55. The van der Waals surface area contributed by atoms with Crippen LogP contribution in [0.15, 0.2) is 23.8 Å². The Balaban J connectivity index is 1.40. The molecule has 0 aromatic rings. The lowest BCUT2D eigenvalue weighted by atomic mass is 9.47. The molecule has 0 N–H and O–H groups in total. The van der Waals surface area contributed by atoms with Crippen molar-refractivity contribution in [3.8, 4) is 0 Å². The van der Waals surface area contributed by atoms with Gasteiger partial charge in [-0.05, 0) is 73.5 Å². The average Bonchev–Trinajstić information content (AvgIpc) is 3.42. The molecule has 0 amide bonds. The van der Waals surface area contributed by atoms with E-state index in [2.05, 4.69) is 13.8 Å². The van der Waals surface area contributed by atoms with Gasteiger partial charge in [-0.2, -0.15) is 0 Å². The summed E-state index contributed by atoms with van der Waals surface area (Å²) in [5.74, 6) is -0.441. The average molecular weight is 459 g/mol. The number of halogens is 1. The Morgan fingerprint density at radius 3 is 2.73 bits per heavy atom. The number of hydrogen-bond acceptors (Lipinski definition) is 5. The molecule has 0 aromatic carbocycles. The SMILES string of the molecule is CCCCC(=O)OCC(=O)[C@H]1[C@H](C)C[C@H]2[C@@H]3C[C@H](F)C4=CC(=O)C=C[C@]4(C)[C@@]34O[C@H]4C[C@@]21C. The van der Waals surface area contributed by atoms with Gasteiger partial charge in [-0.15, -0.1) is 0 Å². The third-order valence-electron chi connectivity index (χ3n) is 9.72. The topological polar surface area (TPSA) is 73.0 Å². The molecule has 4 aliphatic carbocycles. The first-order valence-corrected chi connectivity index (χ1v) is 12.5. The van der Waals surface area contributed by atoms with Crippen molar-refractivity contribution in [2.24, 2.45) is 34.5 Å². The van der Waals surface area contributed by atoms with E-state index in [1.807, 2.05) is 19.9 Å². The number of esters is 1. The van der Waals surface area contributed by atoms with Crippen LogP contribution in [0.3, 0.4) is 0 Å². The fourth-order valence-electron chi connectivity index (χ4n) is 8.33. The van der Waals surface area contributed by atoms with E-state index in [-0.39, 0.29) is 59.3 Å². The van der Waals surface area contributed by atoms with Crippen LogP contribution < -0.4 is 0 Å². The number of allylic oxidation sites excluding steroid dienone is 2. The van der Waals surface area contributed by atoms with Crippen LogP contribution in [-0.4, -0.2) is 42.0 Å². The molecular formula is C27H35FO5. The van der Waals surface area contributed by atoms with Gasteiger partial charge < -0.3 is 9.47 Å². The van der Waals surface area contributed by atoms with Crippen LogP contribution in [0.1, 0.15) is 66.2 Å². The van der Waals surface area contributed by atoms with Gasteiger partial charge in [0.1, 0.15) is 18.4 Å². The third kappa shape index (κ3) is 3.08. The van der Waals surface area contributed by atoms with E-state index in [0.29, 0.717) is 18.4 Å². The lowest BCUT2D eigenvalue weighted by molar-refractivity contribution is -0.151. The van der Waals surface area contributed by atoms with Gasteiger partial charge in [0.05, 0.1) is 6.10 Å². The largest absolute Gasteiger partial charge is 0.458 e. The smallest absolute Gasteiger partial charge is 0.306 e. The van der Waals surface area contributed by atoms with Crippen LogP contribution in [0.4, 0.5) is 4.39 Å². The molecule has 5 rings (SSSR count). The minimum Gasteiger partial charge on any atom is -0.458 e. The number of rotatable bonds is 6. The van der Waals surface area contributed by atoms with Crippen LogP contribution in [0.2, 0.25) is 0 Å². The Morgan fingerprint density at radius 1 is 1.24 bits per heavy atom. The van der Waals surface area contributed by atoms with Gasteiger partial charge >= 0.3 is 5.97 Å². The summed E-state index contributed by atoms with van der Waals surface area (Å²) in [5.41, 5.74) is -0.884. The third-order valence-corrected chi connectivity index (χ3v) is 9.72. The molecule has 1 spiro atoms.